The highest BCUT2D eigenvalue weighted by Crippen LogP contribution is 2.20. The van der Waals surface area contributed by atoms with Gasteiger partial charge in [-0.1, -0.05) is 74.3 Å². The second kappa shape index (κ2) is 10.1. The summed E-state index contributed by atoms with van der Waals surface area (Å²) in [5, 5.41) is 0.514. The fraction of sp³-hybridized carbons (Fsp3) is 0.350. The Balaban J connectivity index is 0.00000127. The van der Waals surface area contributed by atoms with Crippen molar-refractivity contribution in [3.63, 3.8) is 0 Å². The number of nitrogens with zero attached hydrogens (tertiary/aromatic N) is 1. The van der Waals surface area contributed by atoms with Gasteiger partial charge in [0, 0.05) is 13.1 Å². The van der Waals surface area contributed by atoms with Crippen LogP contribution in [-0.4, -0.2) is 17.4 Å². The lowest BCUT2D eigenvalue weighted by Gasteiger charge is -2.23. The second-order valence-electron chi connectivity index (χ2n) is 5.20. The van der Waals surface area contributed by atoms with Gasteiger partial charge in [-0.25, -0.2) is 0 Å². The molecule has 0 saturated carbocycles. The molecule has 0 aromatic heterocycles. The average molecular weight is 332 g/mol. The lowest BCUT2D eigenvalue weighted by molar-refractivity contribution is 0.0743. The molecule has 0 saturated heterocycles. The summed E-state index contributed by atoms with van der Waals surface area (Å²) in [6, 6.07) is 15.6. The van der Waals surface area contributed by atoms with Crippen molar-refractivity contribution in [1.82, 2.24) is 4.90 Å². The van der Waals surface area contributed by atoms with E-state index in [0.29, 0.717) is 17.1 Å². The Bertz CT molecular complexity index is 610. The van der Waals surface area contributed by atoms with Gasteiger partial charge >= 0.3 is 0 Å². The minimum atomic E-state index is -0.00518. The van der Waals surface area contributed by atoms with Crippen molar-refractivity contribution in [1.29, 1.82) is 0 Å². The molecule has 0 bridgehead atoms. The van der Waals surface area contributed by atoms with E-state index >= 15 is 0 Å². The van der Waals surface area contributed by atoms with E-state index in [-0.39, 0.29) is 5.91 Å². The molecule has 0 aliphatic heterocycles. The third-order valence-electron chi connectivity index (χ3n) is 3.35. The van der Waals surface area contributed by atoms with E-state index in [4.69, 9.17) is 11.6 Å². The molecular weight excluding hydrogens is 306 g/mol. The molecule has 2 aromatic rings. The molecule has 2 nitrogen and oxygen atoms in total. The summed E-state index contributed by atoms with van der Waals surface area (Å²) in [4.78, 5) is 14.6. The zero-order valence-corrected chi connectivity index (χ0v) is 15.2. The molecule has 0 spiro atoms. The molecule has 0 N–H and O–H groups in total. The summed E-state index contributed by atoms with van der Waals surface area (Å²) < 4.78 is 0. The first-order chi connectivity index (χ1) is 11.1. The molecule has 0 fully saturated rings. The van der Waals surface area contributed by atoms with Gasteiger partial charge in [0.05, 0.1) is 10.6 Å². The molecule has 124 valence electrons. The Morgan fingerprint density at radius 1 is 1.09 bits per heavy atom. The number of halogens is 1. The zero-order valence-electron chi connectivity index (χ0n) is 14.5. The molecule has 0 aliphatic carbocycles. The topological polar surface area (TPSA) is 20.3 Å². The number of aryl methyl sites for hydroxylation is 1. The van der Waals surface area contributed by atoms with Crippen LogP contribution < -0.4 is 0 Å². The van der Waals surface area contributed by atoms with Crippen molar-refractivity contribution in [3.05, 3.63) is 70.2 Å². The predicted octanol–water partition coefficient (Wildman–Crippen LogP) is 5.73. The van der Waals surface area contributed by atoms with Gasteiger partial charge in [0.25, 0.3) is 5.91 Å². The monoisotopic (exact) mass is 331 g/mol. The first-order valence-electron chi connectivity index (χ1n) is 8.21. The Morgan fingerprint density at radius 2 is 1.74 bits per heavy atom. The van der Waals surface area contributed by atoms with Crippen LogP contribution in [0.25, 0.3) is 0 Å². The van der Waals surface area contributed by atoms with Crippen LogP contribution in [0.1, 0.15) is 48.7 Å². The largest absolute Gasteiger partial charge is 0.334 e. The number of hydrogen-bond acceptors (Lipinski definition) is 1. The number of rotatable bonds is 5. The second-order valence-corrected chi connectivity index (χ2v) is 5.60. The van der Waals surface area contributed by atoms with E-state index in [1.165, 1.54) is 0 Å². The van der Waals surface area contributed by atoms with Gasteiger partial charge in [0.15, 0.2) is 0 Å². The number of carbonyl (C=O) groups excluding carboxylic acids is 1. The van der Waals surface area contributed by atoms with E-state index < -0.39 is 0 Å². The average Bonchev–Trinajstić information content (AvgIpc) is 2.59. The molecule has 0 atom stereocenters. The van der Waals surface area contributed by atoms with Crippen LogP contribution in [0.2, 0.25) is 5.02 Å². The smallest absolute Gasteiger partial charge is 0.255 e. The van der Waals surface area contributed by atoms with Crippen molar-refractivity contribution in [2.75, 3.05) is 6.54 Å². The lowest BCUT2D eigenvalue weighted by Crippen LogP contribution is -2.31. The van der Waals surface area contributed by atoms with Crippen molar-refractivity contribution in [2.24, 2.45) is 0 Å². The predicted molar refractivity (Wildman–Crippen MR) is 99.0 cm³/mol. The Kier molecular flexibility index (Phi) is 8.42. The van der Waals surface area contributed by atoms with Crippen LogP contribution in [0.3, 0.4) is 0 Å². The molecule has 0 heterocycles. The molecular formula is C20H26ClNO. The highest BCUT2D eigenvalue weighted by molar-refractivity contribution is 6.33. The van der Waals surface area contributed by atoms with Gasteiger partial charge in [-0.2, -0.15) is 0 Å². The number of amides is 1. The fourth-order valence-corrected chi connectivity index (χ4v) is 2.50. The summed E-state index contributed by atoms with van der Waals surface area (Å²) in [7, 11) is 0. The summed E-state index contributed by atoms with van der Waals surface area (Å²) in [6.07, 6.45) is 0.919. The van der Waals surface area contributed by atoms with Crippen molar-refractivity contribution >= 4 is 17.5 Å². The van der Waals surface area contributed by atoms with Gasteiger partial charge in [-0.3, -0.25) is 4.79 Å². The molecule has 0 unspecified atom stereocenters. The lowest BCUT2D eigenvalue weighted by atomic mass is 10.1. The molecule has 0 radical (unpaired) electrons. The summed E-state index contributed by atoms with van der Waals surface area (Å²) in [5.74, 6) is -0.00518. The SMILES string of the molecule is CC.CCCN(Cc1ccccc1)C(=O)c1cc(C)ccc1Cl. The zero-order chi connectivity index (χ0) is 17.2. The van der Waals surface area contributed by atoms with E-state index in [9.17, 15) is 4.79 Å². The van der Waals surface area contributed by atoms with Gasteiger partial charge in [-0.15, -0.1) is 0 Å². The normalized spacial score (nSPS) is 9.78. The van der Waals surface area contributed by atoms with Crippen LogP contribution in [-0.2, 0) is 6.54 Å². The summed E-state index contributed by atoms with van der Waals surface area (Å²) >= 11 is 6.19. The molecule has 2 aromatic carbocycles. The van der Waals surface area contributed by atoms with E-state index in [2.05, 4.69) is 6.92 Å². The van der Waals surface area contributed by atoms with Crippen LogP contribution in [0.15, 0.2) is 48.5 Å². The summed E-state index contributed by atoms with van der Waals surface area (Å²) in [6.45, 7) is 9.37. The molecule has 2 rings (SSSR count). The minimum absolute atomic E-state index is 0.00518. The molecule has 1 amide bonds. The maximum atomic E-state index is 12.8. The third-order valence-corrected chi connectivity index (χ3v) is 3.68. The van der Waals surface area contributed by atoms with Gasteiger partial charge < -0.3 is 4.90 Å². The first kappa shape index (κ1) is 19.2. The highest BCUT2D eigenvalue weighted by Gasteiger charge is 2.18. The van der Waals surface area contributed by atoms with Crippen LogP contribution in [0.5, 0.6) is 0 Å². The fourth-order valence-electron chi connectivity index (χ4n) is 2.30. The maximum Gasteiger partial charge on any atom is 0.255 e. The first-order valence-corrected chi connectivity index (χ1v) is 8.59. The maximum absolute atomic E-state index is 12.8. The molecule has 3 heteroatoms. The van der Waals surface area contributed by atoms with Gasteiger partial charge in [-0.05, 0) is 31.0 Å². The Labute approximate surface area is 145 Å². The molecule has 23 heavy (non-hydrogen) atoms. The van der Waals surface area contributed by atoms with Crippen molar-refractivity contribution in [3.8, 4) is 0 Å². The number of hydrogen-bond donors (Lipinski definition) is 0. The van der Waals surface area contributed by atoms with Crippen molar-refractivity contribution < 1.29 is 4.79 Å². The van der Waals surface area contributed by atoms with Crippen LogP contribution in [0.4, 0.5) is 0 Å². The van der Waals surface area contributed by atoms with Gasteiger partial charge in [0.1, 0.15) is 0 Å². The Morgan fingerprint density at radius 3 is 2.35 bits per heavy atom. The van der Waals surface area contributed by atoms with E-state index in [1.807, 2.05) is 68.1 Å². The number of benzene rings is 2. The highest BCUT2D eigenvalue weighted by atomic mass is 35.5. The van der Waals surface area contributed by atoms with Crippen LogP contribution >= 0.6 is 11.6 Å². The Hall–Kier alpha value is -1.80. The molecule has 0 aliphatic rings. The number of carbonyl (C=O) groups is 1. The standard InChI is InChI=1S/C18H20ClNO.C2H6/c1-3-11-20(13-15-7-5-4-6-8-15)18(21)16-12-14(2)9-10-17(16)19;1-2/h4-10,12H,3,11,13H2,1-2H3;1-2H3. The van der Waals surface area contributed by atoms with Gasteiger partial charge in [0.2, 0.25) is 0 Å². The van der Waals surface area contributed by atoms with E-state index in [1.54, 1.807) is 6.07 Å². The van der Waals surface area contributed by atoms with Crippen LogP contribution in [0, 0.1) is 6.92 Å². The minimum Gasteiger partial charge on any atom is -0.334 e. The van der Waals surface area contributed by atoms with E-state index in [0.717, 1.165) is 24.1 Å². The summed E-state index contributed by atoms with van der Waals surface area (Å²) in [5.41, 5.74) is 2.75. The quantitative estimate of drug-likeness (QED) is 0.685. The van der Waals surface area contributed by atoms with Crippen molar-refractivity contribution in [2.45, 2.75) is 40.7 Å². The third kappa shape index (κ3) is 5.72.